The van der Waals surface area contributed by atoms with Gasteiger partial charge in [0.15, 0.2) is 0 Å². The Balaban J connectivity index is 2.01. The highest BCUT2D eigenvalue weighted by Crippen LogP contribution is 2.32. The molecule has 0 aliphatic rings. The van der Waals surface area contributed by atoms with Crippen LogP contribution in [0.4, 0.5) is 0 Å². The third-order valence-electron chi connectivity index (χ3n) is 3.97. The highest BCUT2D eigenvalue weighted by atomic mass is 16.5. The van der Waals surface area contributed by atoms with Gasteiger partial charge in [-0.3, -0.25) is 0 Å². The fourth-order valence-electron chi connectivity index (χ4n) is 2.74. The third kappa shape index (κ3) is 3.35. The van der Waals surface area contributed by atoms with E-state index >= 15 is 0 Å². The summed E-state index contributed by atoms with van der Waals surface area (Å²) in [6, 6.07) is 25.4. The number of ether oxygens (including phenoxy) is 1. The molecule has 23 heavy (non-hydrogen) atoms. The molecule has 0 heterocycles. The Morgan fingerprint density at radius 2 is 1.30 bits per heavy atom. The van der Waals surface area contributed by atoms with Crippen molar-refractivity contribution in [1.29, 1.82) is 0 Å². The highest BCUT2D eigenvalue weighted by molar-refractivity contribution is 5.83. The van der Waals surface area contributed by atoms with Gasteiger partial charge in [0.1, 0.15) is 5.75 Å². The van der Waals surface area contributed by atoms with Crippen LogP contribution in [-0.2, 0) is 6.42 Å². The van der Waals surface area contributed by atoms with E-state index in [1.165, 1.54) is 27.8 Å². The second-order valence-electron chi connectivity index (χ2n) is 5.46. The number of benzene rings is 3. The van der Waals surface area contributed by atoms with Crippen molar-refractivity contribution < 1.29 is 4.74 Å². The average molecular weight is 300 g/mol. The van der Waals surface area contributed by atoms with E-state index in [-0.39, 0.29) is 0 Å². The summed E-state index contributed by atoms with van der Waals surface area (Å²) < 4.78 is 5.25. The van der Waals surface area contributed by atoms with Crippen LogP contribution in [0.15, 0.2) is 85.5 Å². The van der Waals surface area contributed by atoms with Crippen molar-refractivity contribution in [3.63, 3.8) is 0 Å². The Kier molecular flexibility index (Phi) is 4.58. The van der Waals surface area contributed by atoms with Crippen LogP contribution in [0.2, 0.25) is 0 Å². The van der Waals surface area contributed by atoms with Gasteiger partial charge in [-0.05, 0) is 46.4 Å². The van der Waals surface area contributed by atoms with Gasteiger partial charge in [-0.2, -0.15) is 0 Å². The Hall–Kier alpha value is -2.80. The summed E-state index contributed by atoms with van der Waals surface area (Å²) in [7, 11) is 1.69. The molecule has 0 N–H and O–H groups in total. The monoisotopic (exact) mass is 300 g/mol. The maximum Gasteiger partial charge on any atom is 0.118 e. The van der Waals surface area contributed by atoms with Crippen molar-refractivity contribution >= 4 is 0 Å². The number of hydrogen-bond donors (Lipinski definition) is 0. The van der Waals surface area contributed by atoms with Gasteiger partial charge >= 0.3 is 0 Å². The fourth-order valence-corrected chi connectivity index (χ4v) is 2.74. The van der Waals surface area contributed by atoms with Crippen molar-refractivity contribution in [2.45, 2.75) is 6.42 Å². The lowest BCUT2D eigenvalue weighted by Gasteiger charge is -2.11. The van der Waals surface area contributed by atoms with E-state index in [1.54, 1.807) is 7.11 Å². The number of methoxy groups -OCH3 is 1. The van der Waals surface area contributed by atoms with Crippen LogP contribution < -0.4 is 4.74 Å². The van der Waals surface area contributed by atoms with Crippen molar-refractivity contribution in [3.05, 3.63) is 91.0 Å². The smallest absolute Gasteiger partial charge is 0.118 e. The molecule has 0 radical (unpaired) electrons. The molecule has 3 rings (SSSR count). The Labute approximate surface area is 137 Å². The maximum atomic E-state index is 5.25. The van der Waals surface area contributed by atoms with E-state index in [9.17, 15) is 0 Å². The molecule has 114 valence electrons. The van der Waals surface area contributed by atoms with Crippen molar-refractivity contribution in [2.24, 2.45) is 0 Å². The highest BCUT2D eigenvalue weighted by Gasteiger charge is 2.07. The standard InChI is InChI=1S/C22H20O/c1-3-6-17-9-11-18(12-10-17)21-7-4-5-8-22(21)19-13-15-20(23-2)16-14-19/h3-5,7-16H,1,6H2,2H3. The molecule has 0 aliphatic heterocycles. The first-order valence-electron chi connectivity index (χ1n) is 7.75. The molecule has 3 aromatic rings. The van der Waals surface area contributed by atoms with Crippen molar-refractivity contribution in [2.75, 3.05) is 7.11 Å². The fraction of sp³-hybridized carbons (Fsp3) is 0.0909. The minimum atomic E-state index is 0.875. The molecule has 0 spiro atoms. The largest absolute Gasteiger partial charge is 0.497 e. The van der Waals surface area contributed by atoms with Gasteiger partial charge in [0, 0.05) is 0 Å². The lowest BCUT2D eigenvalue weighted by Crippen LogP contribution is -1.87. The molecule has 1 heteroatoms. The SMILES string of the molecule is C=CCc1ccc(-c2ccccc2-c2ccc(OC)cc2)cc1. The molecule has 0 amide bonds. The van der Waals surface area contributed by atoms with Gasteiger partial charge in [-0.25, -0.2) is 0 Å². The minimum absolute atomic E-state index is 0.875. The zero-order valence-electron chi connectivity index (χ0n) is 13.3. The molecular weight excluding hydrogens is 280 g/mol. The van der Waals surface area contributed by atoms with Gasteiger partial charge in [0.05, 0.1) is 7.11 Å². The van der Waals surface area contributed by atoms with E-state index < -0.39 is 0 Å². The Morgan fingerprint density at radius 3 is 1.78 bits per heavy atom. The van der Waals surface area contributed by atoms with Crippen molar-refractivity contribution in [3.8, 4) is 28.0 Å². The molecule has 0 atom stereocenters. The molecule has 0 fully saturated rings. The molecule has 0 saturated carbocycles. The first kappa shape index (κ1) is 15.1. The molecule has 0 aromatic heterocycles. The Bertz CT molecular complexity index is 783. The summed E-state index contributed by atoms with van der Waals surface area (Å²) in [5.74, 6) is 0.875. The first-order valence-corrected chi connectivity index (χ1v) is 7.75. The van der Waals surface area contributed by atoms with Gasteiger partial charge in [-0.1, -0.05) is 66.7 Å². The molecule has 0 bridgehead atoms. The van der Waals surface area contributed by atoms with E-state index in [0.29, 0.717) is 0 Å². The number of allylic oxidation sites excluding steroid dienone is 1. The zero-order valence-corrected chi connectivity index (χ0v) is 13.3. The van der Waals surface area contributed by atoms with Crippen molar-refractivity contribution in [1.82, 2.24) is 0 Å². The van der Waals surface area contributed by atoms with Gasteiger partial charge in [-0.15, -0.1) is 6.58 Å². The van der Waals surface area contributed by atoms with E-state index in [1.807, 2.05) is 18.2 Å². The average Bonchev–Trinajstić information content (AvgIpc) is 2.63. The molecule has 1 nitrogen and oxygen atoms in total. The van der Waals surface area contributed by atoms with Gasteiger partial charge in [0.25, 0.3) is 0 Å². The quantitative estimate of drug-likeness (QED) is 0.544. The predicted octanol–water partition coefficient (Wildman–Crippen LogP) is 5.76. The molecule has 3 aromatic carbocycles. The first-order chi connectivity index (χ1) is 11.3. The van der Waals surface area contributed by atoms with Crippen LogP contribution >= 0.6 is 0 Å². The summed E-state index contributed by atoms with van der Waals surface area (Å²) >= 11 is 0. The van der Waals surface area contributed by atoms with Crippen LogP contribution in [-0.4, -0.2) is 7.11 Å². The predicted molar refractivity (Wildman–Crippen MR) is 97.8 cm³/mol. The summed E-state index contributed by atoms with van der Waals surface area (Å²) in [6.07, 6.45) is 2.83. The molecule has 0 saturated heterocycles. The topological polar surface area (TPSA) is 9.23 Å². The summed E-state index contributed by atoms with van der Waals surface area (Å²) in [6.45, 7) is 3.79. The second kappa shape index (κ2) is 6.97. The zero-order chi connectivity index (χ0) is 16.1. The van der Waals surface area contributed by atoms with E-state index in [4.69, 9.17) is 4.74 Å². The van der Waals surface area contributed by atoms with Crippen LogP contribution in [0.5, 0.6) is 5.75 Å². The summed E-state index contributed by atoms with van der Waals surface area (Å²) in [5.41, 5.74) is 6.17. The van der Waals surface area contributed by atoms with Gasteiger partial charge < -0.3 is 4.74 Å². The second-order valence-corrected chi connectivity index (χ2v) is 5.46. The lowest BCUT2D eigenvalue weighted by atomic mass is 9.94. The number of hydrogen-bond acceptors (Lipinski definition) is 1. The van der Waals surface area contributed by atoms with Gasteiger partial charge in [0.2, 0.25) is 0 Å². The lowest BCUT2D eigenvalue weighted by molar-refractivity contribution is 0.415. The molecule has 0 aliphatic carbocycles. The minimum Gasteiger partial charge on any atom is -0.497 e. The molecule has 0 unspecified atom stereocenters. The van der Waals surface area contributed by atoms with Crippen LogP contribution in [0.3, 0.4) is 0 Å². The van der Waals surface area contributed by atoms with Crippen LogP contribution in [0.1, 0.15) is 5.56 Å². The van der Waals surface area contributed by atoms with Crippen LogP contribution in [0, 0.1) is 0 Å². The maximum absolute atomic E-state index is 5.25. The normalized spacial score (nSPS) is 10.3. The third-order valence-corrected chi connectivity index (χ3v) is 3.97. The number of rotatable bonds is 5. The summed E-state index contributed by atoms with van der Waals surface area (Å²) in [5, 5.41) is 0. The Morgan fingerprint density at radius 1 is 0.783 bits per heavy atom. The summed E-state index contributed by atoms with van der Waals surface area (Å²) in [4.78, 5) is 0. The van der Waals surface area contributed by atoms with Crippen LogP contribution in [0.25, 0.3) is 22.3 Å². The van der Waals surface area contributed by atoms with E-state index in [2.05, 4.69) is 67.2 Å². The van der Waals surface area contributed by atoms with E-state index in [0.717, 1.165) is 12.2 Å². The molecular formula is C22H20O.